The van der Waals surface area contributed by atoms with Crippen LogP contribution in [0.1, 0.15) is 6.42 Å². The lowest BCUT2D eigenvalue weighted by atomic mass is 10.1. The molecule has 0 radical (unpaired) electrons. The van der Waals surface area contributed by atoms with Crippen molar-refractivity contribution < 1.29 is 24.9 Å². The highest BCUT2D eigenvalue weighted by Gasteiger charge is 2.40. The summed E-state index contributed by atoms with van der Waals surface area (Å²) < 4.78 is 4.92. The van der Waals surface area contributed by atoms with E-state index in [1.807, 2.05) is 0 Å². The van der Waals surface area contributed by atoms with E-state index in [2.05, 4.69) is 0 Å². The van der Waals surface area contributed by atoms with E-state index >= 15 is 0 Å². The summed E-state index contributed by atoms with van der Waals surface area (Å²) in [4.78, 5) is 12.2. The van der Waals surface area contributed by atoms with Crippen molar-refractivity contribution in [3.63, 3.8) is 0 Å². The van der Waals surface area contributed by atoms with Gasteiger partial charge in [0.1, 0.15) is 0 Å². The summed E-state index contributed by atoms with van der Waals surface area (Å²) in [6.45, 7) is -0.0637. The molecule has 1 saturated heterocycles. The number of methoxy groups -OCH3 is 1. The molecule has 1 fully saturated rings. The Labute approximate surface area is 88.1 Å². The Hall–Kier alpha value is -0.690. The molecule has 3 atom stereocenters. The molecule has 0 aromatic heterocycles. The van der Waals surface area contributed by atoms with Crippen LogP contribution in [0.3, 0.4) is 0 Å². The average molecular weight is 219 g/mol. The number of aliphatic hydroxyl groups excluding tert-OH is 2. The van der Waals surface area contributed by atoms with Gasteiger partial charge in [0, 0.05) is 13.2 Å². The highest BCUT2D eigenvalue weighted by molar-refractivity contribution is 5.69. The highest BCUT2D eigenvalue weighted by Crippen LogP contribution is 2.24. The molecule has 0 aromatic rings. The van der Waals surface area contributed by atoms with Gasteiger partial charge in [-0.3, -0.25) is 9.69 Å². The lowest BCUT2D eigenvalue weighted by molar-refractivity contribution is -0.139. The van der Waals surface area contributed by atoms with Gasteiger partial charge in [0.15, 0.2) is 0 Å². The minimum absolute atomic E-state index is 0.148. The van der Waals surface area contributed by atoms with Crippen molar-refractivity contribution in [3.8, 4) is 0 Å². The lowest BCUT2D eigenvalue weighted by Crippen LogP contribution is -2.45. The van der Waals surface area contributed by atoms with Crippen molar-refractivity contribution in [3.05, 3.63) is 0 Å². The zero-order chi connectivity index (χ0) is 11.4. The third-order valence-corrected chi connectivity index (χ3v) is 2.72. The number of carboxylic acid groups (broad SMARTS) is 1. The predicted octanol–water partition coefficient (Wildman–Crippen LogP) is -1.49. The molecule has 0 spiro atoms. The van der Waals surface area contributed by atoms with Crippen LogP contribution in [-0.2, 0) is 9.53 Å². The van der Waals surface area contributed by atoms with Crippen molar-refractivity contribution in [2.45, 2.75) is 24.6 Å². The van der Waals surface area contributed by atoms with Crippen molar-refractivity contribution in [2.24, 2.45) is 0 Å². The summed E-state index contributed by atoms with van der Waals surface area (Å²) in [6.07, 6.45) is -0.251. The molecule has 0 saturated carbocycles. The van der Waals surface area contributed by atoms with E-state index in [9.17, 15) is 9.90 Å². The Balaban J connectivity index is 2.68. The molecule has 15 heavy (non-hydrogen) atoms. The van der Waals surface area contributed by atoms with Gasteiger partial charge in [-0.15, -0.1) is 0 Å². The van der Waals surface area contributed by atoms with Gasteiger partial charge < -0.3 is 20.1 Å². The van der Waals surface area contributed by atoms with Crippen LogP contribution in [0.15, 0.2) is 0 Å². The first kappa shape index (κ1) is 12.4. The van der Waals surface area contributed by atoms with Gasteiger partial charge in [-0.2, -0.15) is 0 Å². The van der Waals surface area contributed by atoms with Crippen LogP contribution in [0, 0.1) is 0 Å². The second-order valence-corrected chi connectivity index (χ2v) is 3.73. The van der Waals surface area contributed by atoms with Gasteiger partial charge in [-0.25, -0.2) is 0 Å². The maximum atomic E-state index is 10.6. The number of likely N-dealkylation sites (tertiary alicyclic amines) is 1. The Bertz CT molecular complexity index is 223. The fraction of sp³-hybridized carbons (Fsp3) is 0.889. The van der Waals surface area contributed by atoms with Crippen LogP contribution in [0.4, 0.5) is 0 Å². The van der Waals surface area contributed by atoms with Crippen molar-refractivity contribution in [1.29, 1.82) is 0 Å². The van der Waals surface area contributed by atoms with Crippen LogP contribution >= 0.6 is 0 Å². The summed E-state index contributed by atoms with van der Waals surface area (Å²) >= 11 is 0. The molecule has 0 aromatic carbocycles. The van der Waals surface area contributed by atoms with Crippen molar-refractivity contribution >= 4 is 5.97 Å². The van der Waals surface area contributed by atoms with Crippen LogP contribution in [0.5, 0.6) is 0 Å². The van der Waals surface area contributed by atoms with Gasteiger partial charge in [-0.05, 0) is 6.42 Å². The second-order valence-electron chi connectivity index (χ2n) is 3.73. The summed E-state index contributed by atoms with van der Waals surface area (Å²) in [6, 6.07) is -0.639. The monoisotopic (exact) mass is 219 g/mol. The quantitative estimate of drug-likeness (QED) is 0.522. The fourth-order valence-electron chi connectivity index (χ4n) is 2.02. The molecular weight excluding hydrogens is 202 g/mol. The molecule has 6 heteroatoms. The van der Waals surface area contributed by atoms with E-state index in [0.717, 1.165) is 0 Å². The number of ether oxygens (including phenoxy) is 1. The Kier molecular flexibility index (Phi) is 4.46. The molecule has 1 aliphatic heterocycles. The van der Waals surface area contributed by atoms with E-state index in [1.54, 1.807) is 4.90 Å². The molecule has 3 N–H and O–H groups in total. The number of hydrogen-bond acceptors (Lipinski definition) is 5. The maximum absolute atomic E-state index is 10.6. The smallest absolute Gasteiger partial charge is 0.317 e. The van der Waals surface area contributed by atoms with Gasteiger partial charge in [0.25, 0.3) is 0 Å². The Morgan fingerprint density at radius 3 is 2.73 bits per heavy atom. The summed E-state index contributed by atoms with van der Waals surface area (Å²) in [7, 11) is 1.50. The minimum atomic E-state index is -0.969. The summed E-state index contributed by atoms with van der Waals surface area (Å²) in [5, 5.41) is 27.5. The topological polar surface area (TPSA) is 90.2 Å². The maximum Gasteiger partial charge on any atom is 0.317 e. The molecule has 1 heterocycles. The number of aliphatic carboxylic acids is 1. The lowest BCUT2D eigenvalue weighted by Gasteiger charge is -2.27. The van der Waals surface area contributed by atoms with Gasteiger partial charge in [-0.1, -0.05) is 0 Å². The number of carbonyl (C=O) groups is 1. The van der Waals surface area contributed by atoms with Gasteiger partial charge in [0.2, 0.25) is 0 Å². The molecular formula is C9H17NO5. The third kappa shape index (κ3) is 2.88. The standard InChI is InChI=1S/C9H17NO5/c1-15-5-7-8(12)2-6(4-11)10(7)3-9(13)14/h6-8,11-12H,2-5H2,1H3,(H,13,14). The first-order valence-corrected chi connectivity index (χ1v) is 4.85. The Morgan fingerprint density at radius 1 is 1.60 bits per heavy atom. The molecule has 3 unspecified atom stereocenters. The van der Waals surface area contributed by atoms with Crippen LogP contribution < -0.4 is 0 Å². The van der Waals surface area contributed by atoms with Gasteiger partial charge in [0.05, 0.1) is 31.9 Å². The average Bonchev–Trinajstić information content (AvgIpc) is 2.45. The first-order chi connectivity index (χ1) is 7.10. The number of hydrogen-bond donors (Lipinski definition) is 3. The molecule has 88 valence electrons. The van der Waals surface area contributed by atoms with Crippen molar-refractivity contribution in [1.82, 2.24) is 4.90 Å². The van der Waals surface area contributed by atoms with Crippen LogP contribution in [-0.4, -0.2) is 71.2 Å². The number of carboxylic acids is 1. The first-order valence-electron chi connectivity index (χ1n) is 4.85. The predicted molar refractivity (Wildman–Crippen MR) is 51.5 cm³/mol. The largest absolute Gasteiger partial charge is 0.480 e. The van der Waals surface area contributed by atoms with Crippen molar-refractivity contribution in [2.75, 3.05) is 26.9 Å². The normalized spacial score (nSPS) is 32.1. The van der Waals surface area contributed by atoms with Gasteiger partial charge >= 0.3 is 5.97 Å². The summed E-state index contributed by atoms with van der Waals surface area (Å²) in [5.41, 5.74) is 0. The van der Waals surface area contributed by atoms with Crippen LogP contribution in [0.25, 0.3) is 0 Å². The van der Waals surface area contributed by atoms with E-state index < -0.39 is 12.1 Å². The number of aliphatic hydroxyl groups is 2. The van der Waals surface area contributed by atoms with Crippen LogP contribution in [0.2, 0.25) is 0 Å². The molecule has 0 aliphatic carbocycles. The van der Waals surface area contributed by atoms with E-state index in [1.165, 1.54) is 7.11 Å². The number of nitrogens with zero attached hydrogens (tertiary/aromatic N) is 1. The zero-order valence-electron chi connectivity index (χ0n) is 8.67. The minimum Gasteiger partial charge on any atom is -0.480 e. The number of rotatable bonds is 5. The molecule has 1 aliphatic rings. The van der Waals surface area contributed by atoms with E-state index in [0.29, 0.717) is 6.42 Å². The van der Waals surface area contributed by atoms with E-state index in [-0.39, 0.29) is 31.8 Å². The summed E-state index contributed by atoms with van der Waals surface area (Å²) in [5.74, 6) is -0.969. The highest BCUT2D eigenvalue weighted by atomic mass is 16.5. The zero-order valence-corrected chi connectivity index (χ0v) is 8.67. The SMILES string of the molecule is COCC1C(O)CC(CO)N1CC(=O)O. The molecule has 0 amide bonds. The van der Waals surface area contributed by atoms with E-state index in [4.69, 9.17) is 14.9 Å². The Morgan fingerprint density at radius 2 is 2.27 bits per heavy atom. The third-order valence-electron chi connectivity index (χ3n) is 2.72. The second kappa shape index (κ2) is 5.41. The molecule has 1 rings (SSSR count). The molecule has 0 bridgehead atoms. The fourth-order valence-corrected chi connectivity index (χ4v) is 2.02. The molecule has 6 nitrogen and oxygen atoms in total.